The fraction of sp³-hybridized carbons (Fsp3) is 0.615. The first-order valence-electron chi connectivity index (χ1n) is 8.52. The summed E-state index contributed by atoms with van der Waals surface area (Å²) in [6.45, 7) is -4.10. The third kappa shape index (κ3) is 7.98. The van der Waals surface area contributed by atoms with Crippen molar-refractivity contribution in [3.05, 3.63) is 0 Å². The van der Waals surface area contributed by atoms with Crippen molar-refractivity contribution < 1.29 is 48.4 Å². The van der Waals surface area contributed by atoms with Gasteiger partial charge in [-0.2, -0.15) is 0 Å². The van der Waals surface area contributed by atoms with Gasteiger partial charge in [-0.15, -0.1) is 0 Å². The van der Waals surface area contributed by atoms with E-state index in [2.05, 4.69) is 9.47 Å². The minimum Gasteiger partial charge on any atom is -0.462 e. The molecule has 0 aliphatic rings. The molecule has 0 saturated heterocycles. The normalized spacial score (nSPS) is 16.4. The smallest absolute Gasteiger partial charge is 0.303 e. The summed E-state index contributed by atoms with van der Waals surface area (Å²) in [5, 5.41) is 0. The minimum absolute atomic E-state index is 0.0449. The van der Waals surface area contributed by atoms with Crippen molar-refractivity contribution in [2.24, 2.45) is 0 Å². The molecule has 0 saturated carbocycles. The Labute approximate surface area is 132 Å². The first-order chi connectivity index (χ1) is 12.3. The van der Waals surface area contributed by atoms with Crippen LogP contribution in [0.25, 0.3) is 0 Å². The van der Waals surface area contributed by atoms with Crippen LogP contribution in [0, 0.1) is 0 Å². The number of ether oxygens (including phenoxy) is 4. The molecule has 0 radical (unpaired) electrons. The maximum Gasteiger partial charge on any atom is 0.303 e. The van der Waals surface area contributed by atoms with Crippen LogP contribution in [0.15, 0.2) is 0 Å². The van der Waals surface area contributed by atoms with Crippen LogP contribution in [0.1, 0.15) is 33.1 Å². The molecule has 0 heterocycles. The van der Waals surface area contributed by atoms with E-state index in [9.17, 15) is 24.0 Å². The molecule has 0 fully saturated rings. The van der Waals surface area contributed by atoms with Crippen LogP contribution in [-0.2, 0) is 42.9 Å². The highest BCUT2D eigenvalue weighted by atomic mass is 16.6. The lowest BCUT2D eigenvalue weighted by molar-refractivity contribution is -0.188. The predicted molar refractivity (Wildman–Crippen MR) is 69.4 cm³/mol. The summed E-state index contributed by atoms with van der Waals surface area (Å²) in [6, 6.07) is 0. The van der Waals surface area contributed by atoms with Crippen molar-refractivity contribution in [1.82, 2.24) is 0 Å². The van der Waals surface area contributed by atoms with Gasteiger partial charge in [0.15, 0.2) is 24.6 Å². The monoisotopic (exact) mass is 322 g/mol. The molecule has 0 spiro atoms. The Hall–Kier alpha value is -2.45. The summed E-state index contributed by atoms with van der Waals surface area (Å²) in [6.07, 6.45) is -5.20. The molecule has 0 aromatic heterocycles. The van der Waals surface area contributed by atoms with E-state index in [1.54, 1.807) is 0 Å². The van der Waals surface area contributed by atoms with Crippen LogP contribution in [-0.4, -0.2) is 55.1 Å². The van der Waals surface area contributed by atoms with E-state index in [1.807, 2.05) is 0 Å². The van der Waals surface area contributed by atoms with Gasteiger partial charge in [0, 0.05) is 33.1 Å². The molecule has 3 atom stereocenters. The van der Waals surface area contributed by atoms with Gasteiger partial charge in [-0.1, -0.05) is 0 Å². The summed E-state index contributed by atoms with van der Waals surface area (Å²) < 4.78 is 46.5. The van der Waals surface area contributed by atoms with Gasteiger partial charge in [0.25, 0.3) is 0 Å². The molecule has 0 aromatic carbocycles. The maximum absolute atomic E-state index is 11.4. The second kappa shape index (κ2) is 9.48. The Morgan fingerprint density at radius 1 is 0.909 bits per heavy atom. The van der Waals surface area contributed by atoms with E-state index >= 15 is 0 Å². The first-order valence-corrected chi connectivity index (χ1v) is 5.69. The number of hydrogen-bond acceptors (Lipinski definition) is 9. The molecular weight excluding hydrogens is 300 g/mol. The van der Waals surface area contributed by atoms with E-state index in [4.69, 9.17) is 15.0 Å². The van der Waals surface area contributed by atoms with Crippen LogP contribution in [0.5, 0.6) is 0 Å². The van der Waals surface area contributed by atoms with Crippen LogP contribution < -0.4 is 0 Å². The molecule has 0 amide bonds. The zero-order chi connectivity index (χ0) is 20.1. The van der Waals surface area contributed by atoms with Crippen molar-refractivity contribution in [2.45, 2.75) is 45.9 Å². The quantitative estimate of drug-likeness (QED) is 0.332. The second-order valence-electron chi connectivity index (χ2n) is 3.76. The highest BCUT2D eigenvalue weighted by molar-refractivity contribution is 5.72. The molecule has 0 N–H and O–H groups in total. The number of hydrogen-bond donors (Lipinski definition) is 0. The summed E-state index contributed by atoms with van der Waals surface area (Å²) >= 11 is 0. The molecule has 0 bridgehead atoms. The average Bonchev–Trinajstić information content (AvgIpc) is 2.66. The summed E-state index contributed by atoms with van der Waals surface area (Å²) in [4.78, 5) is 56.4. The van der Waals surface area contributed by atoms with Gasteiger partial charge in [0.2, 0.25) is 0 Å². The van der Waals surface area contributed by atoms with Crippen LogP contribution >= 0.6 is 0 Å². The molecule has 0 aliphatic carbocycles. The van der Waals surface area contributed by atoms with Gasteiger partial charge in [-0.05, 0) is 0 Å². The van der Waals surface area contributed by atoms with E-state index in [0.717, 1.165) is 0 Å². The summed E-state index contributed by atoms with van der Waals surface area (Å²) in [7, 11) is 0. The van der Waals surface area contributed by atoms with Gasteiger partial charge >= 0.3 is 23.9 Å². The van der Waals surface area contributed by atoms with Crippen LogP contribution in [0.2, 0.25) is 0 Å². The fourth-order valence-electron chi connectivity index (χ4n) is 1.37. The van der Waals surface area contributed by atoms with Crippen molar-refractivity contribution in [3.8, 4) is 0 Å². The predicted octanol–water partition coefficient (Wildman–Crippen LogP) is -0.457. The topological polar surface area (TPSA) is 122 Å². The molecular formula is C13H18O9. The second-order valence-corrected chi connectivity index (χ2v) is 3.76. The maximum atomic E-state index is 11.4. The molecule has 0 aliphatic heterocycles. The Morgan fingerprint density at radius 2 is 1.45 bits per heavy atom. The standard InChI is InChI=1S/C13H18O9/c1-7(15)19-6-12(21-9(3)17)13(22-10(4)18)11(5-14)20-8(2)16/h5,11-13H,6H2,1-4H3/t11-,12+,13-/m0/s1/i1D,2D,3D,4D. The number of esters is 4. The number of rotatable bonds is 8. The summed E-state index contributed by atoms with van der Waals surface area (Å²) in [5.41, 5.74) is 0. The van der Waals surface area contributed by atoms with E-state index in [1.165, 1.54) is 0 Å². The largest absolute Gasteiger partial charge is 0.462 e. The van der Waals surface area contributed by atoms with Crippen molar-refractivity contribution in [2.75, 3.05) is 6.61 Å². The molecule has 22 heavy (non-hydrogen) atoms. The van der Waals surface area contributed by atoms with E-state index in [-0.39, 0.29) is 6.29 Å². The third-order valence-corrected chi connectivity index (χ3v) is 2.05. The molecule has 0 rings (SSSR count). The Kier molecular flexibility index (Phi) is 5.70. The first kappa shape index (κ1) is 13.2. The minimum atomic E-state index is -1.82. The van der Waals surface area contributed by atoms with E-state index < -0.39 is 76.4 Å². The Bertz CT molecular complexity index is 514. The molecule has 9 heteroatoms. The lowest BCUT2D eigenvalue weighted by Crippen LogP contribution is -2.48. The van der Waals surface area contributed by atoms with Gasteiger partial charge in [0.1, 0.15) is 6.61 Å². The SMILES string of the molecule is [2H]CC(=O)OC[C@@H](OC(=O)C[2H])[C@@H](OC(=O)C[2H])[C@H](C=O)OC(=O)C[2H]. The van der Waals surface area contributed by atoms with Crippen molar-refractivity contribution in [1.29, 1.82) is 0 Å². The van der Waals surface area contributed by atoms with Gasteiger partial charge in [-0.3, -0.25) is 24.0 Å². The lowest BCUT2D eigenvalue weighted by Gasteiger charge is -2.28. The van der Waals surface area contributed by atoms with Gasteiger partial charge in [0.05, 0.1) is 0 Å². The zero-order valence-corrected chi connectivity index (χ0v) is 11.5. The Balaban J connectivity index is 5.58. The van der Waals surface area contributed by atoms with Crippen molar-refractivity contribution in [3.63, 3.8) is 0 Å². The molecule has 124 valence electrons. The number of carbonyl (C=O) groups excluding carboxylic acids is 5. The zero-order valence-electron chi connectivity index (χ0n) is 15.5. The molecule has 0 aromatic rings. The molecule has 0 unspecified atom stereocenters. The highest BCUT2D eigenvalue weighted by Gasteiger charge is 2.37. The van der Waals surface area contributed by atoms with Crippen LogP contribution in [0.4, 0.5) is 0 Å². The summed E-state index contributed by atoms with van der Waals surface area (Å²) in [5.74, 6) is -4.46. The lowest BCUT2D eigenvalue weighted by atomic mass is 10.1. The molecule has 9 nitrogen and oxygen atoms in total. The number of carbonyl (C=O) groups is 5. The average molecular weight is 322 g/mol. The van der Waals surface area contributed by atoms with Gasteiger partial charge in [-0.25, -0.2) is 0 Å². The fourth-order valence-corrected chi connectivity index (χ4v) is 1.37. The number of aldehydes is 1. The Morgan fingerprint density at radius 3 is 2.00 bits per heavy atom. The van der Waals surface area contributed by atoms with E-state index in [0.29, 0.717) is 0 Å². The van der Waals surface area contributed by atoms with Crippen LogP contribution in [0.3, 0.4) is 0 Å². The van der Waals surface area contributed by atoms with Crippen molar-refractivity contribution >= 4 is 30.2 Å². The van der Waals surface area contributed by atoms with Gasteiger partial charge < -0.3 is 18.9 Å². The highest BCUT2D eigenvalue weighted by Crippen LogP contribution is 2.13. The third-order valence-electron chi connectivity index (χ3n) is 2.05.